The molecule has 0 unspecified atom stereocenters. The number of benzene rings is 2. The third-order valence-electron chi connectivity index (χ3n) is 4.21. The van der Waals surface area contributed by atoms with Crippen molar-refractivity contribution < 1.29 is 4.43 Å². The summed E-state index contributed by atoms with van der Waals surface area (Å²) in [5.74, 6) is 0.768. The van der Waals surface area contributed by atoms with Gasteiger partial charge in [-0.15, -0.1) is 6.58 Å². The second-order valence-corrected chi connectivity index (χ2v) is 9.64. The van der Waals surface area contributed by atoms with Crippen LogP contribution in [0, 0.1) is 5.41 Å². The highest BCUT2D eigenvalue weighted by atomic mass is 28.4. The van der Waals surface area contributed by atoms with Gasteiger partial charge in [0, 0.05) is 5.41 Å². The van der Waals surface area contributed by atoms with E-state index in [9.17, 15) is 0 Å². The molecule has 0 bridgehead atoms. The Labute approximate surface area is 135 Å². The summed E-state index contributed by atoms with van der Waals surface area (Å²) >= 11 is 0. The fourth-order valence-electron chi connectivity index (χ4n) is 2.29. The van der Waals surface area contributed by atoms with E-state index in [1.165, 1.54) is 10.4 Å². The molecule has 2 aromatic rings. The molecule has 0 aliphatic heterocycles. The van der Waals surface area contributed by atoms with Crippen molar-refractivity contribution >= 4 is 18.7 Å². The quantitative estimate of drug-likeness (QED) is 0.443. The van der Waals surface area contributed by atoms with Gasteiger partial charge in [-0.25, -0.2) is 0 Å². The second kappa shape index (κ2) is 6.37. The molecule has 0 aromatic heterocycles. The fourth-order valence-corrected chi connectivity index (χ4v) is 5.27. The summed E-state index contributed by atoms with van der Waals surface area (Å²) in [6.07, 6.45) is 1.89. The van der Waals surface area contributed by atoms with E-state index in [2.05, 4.69) is 82.1 Å². The molecule has 0 aliphatic carbocycles. The minimum atomic E-state index is -2.34. The zero-order chi connectivity index (χ0) is 16.2. The summed E-state index contributed by atoms with van der Waals surface area (Å²) in [5, 5.41) is 2.48. The highest BCUT2D eigenvalue weighted by Crippen LogP contribution is 2.29. The Kier molecular flexibility index (Phi) is 4.72. The van der Waals surface area contributed by atoms with Gasteiger partial charge in [0.2, 0.25) is 0 Å². The number of hydrogen-bond acceptors (Lipinski definition) is 1. The van der Waals surface area contributed by atoms with Crippen molar-refractivity contribution in [2.75, 3.05) is 0 Å². The average molecular weight is 308 g/mol. The van der Waals surface area contributed by atoms with Crippen LogP contribution in [0.3, 0.4) is 0 Å². The highest BCUT2D eigenvalue weighted by molar-refractivity contribution is 6.96. The van der Waals surface area contributed by atoms with Gasteiger partial charge in [-0.05, 0) is 30.8 Å². The van der Waals surface area contributed by atoms with Crippen LogP contribution in [0.25, 0.3) is 0 Å². The maximum atomic E-state index is 6.54. The summed E-state index contributed by atoms with van der Waals surface area (Å²) < 4.78 is 6.54. The first-order valence-corrected chi connectivity index (χ1v) is 9.94. The molecular weight excluding hydrogens is 284 g/mol. The third-order valence-corrected chi connectivity index (χ3v) is 7.73. The molecule has 0 saturated carbocycles. The van der Waals surface area contributed by atoms with Crippen molar-refractivity contribution in [3.8, 4) is 0 Å². The molecule has 22 heavy (non-hydrogen) atoms. The van der Waals surface area contributed by atoms with Crippen LogP contribution >= 0.6 is 0 Å². The smallest absolute Gasteiger partial charge is 0.311 e. The van der Waals surface area contributed by atoms with Gasteiger partial charge in [0.1, 0.15) is 0 Å². The molecule has 0 saturated heterocycles. The first-order chi connectivity index (χ1) is 10.4. The summed E-state index contributed by atoms with van der Waals surface area (Å²) in [4.78, 5) is 0. The van der Waals surface area contributed by atoms with Gasteiger partial charge in [-0.2, -0.15) is 0 Å². The predicted molar refractivity (Wildman–Crippen MR) is 98.0 cm³/mol. The molecule has 0 spiro atoms. The molecule has 0 fully saturated rings. The van der Waals surface area contributed by atoms with Crippen LogP contribution in [0.5, 0.6) is 0 Å². The van der Waals surface area contributed by atoms with Crippen LogP contribution in [0.1, 0.15) is 13.8 Å². The van der Waals surface area contributed by atoms with Crippen molar-refractivity contribution in [2.24, 2.45) is 5.41 Å². The molecule has 0 radical (unpaired) electrons. The molecule has 2 heteroatoms. The molecular formula is C20H24OSi. The minimum Gasteiger partial charge on any atom is -0.538 e. The molecule has 0 atom stereocenters. The summed E-state index contributed by atoms with van der Waals surface area (Å²) in [6.45, 7) is 14.5. The molecule has 114 valence electrons. The monoisotopic (exact) mass is 308 g/mol. The lowest BCUT2D eigenvalue weighted by Crippen LogP contribution is -2.58. The Bertz CT molecular complexity index is 604. The van der Waals surface area contributed by atoms with Gasteiger partial charge in [0.15, 0.2) is 0 Å². The van der Waals surface area contributed by atoms with Crippen molar-refractivity contribution in [3.63, 3.8) is 0 Å². The van der Waals surface area contributed by atoms with Crippen LogP contribution in [0.2, 0.25) is 6.55 Å². The summed E-state index contributed by atoms with van der Waals surface area (Å²) in [7, 11) is -2.34. The fraction of sp³-hybridized carbons (Fsp3) is 0.200. The largest absolute Gasteiger partial charge is 0.538 e. The Morgan fingerprint density at radius 1 is 0.955 bits per heavy atom. The van der Waals surface area contributed by atoms with Crippen LogP contribution < -0.4 is 10.4 Å². The Hall–Kier alpha value is -2.06. The van der Waals surface area contributed by atoms with Crippen LogP contribution in [0.15, 0.2) is 85.7 Å². The predicted octanol–water partition coefficient (Wildman–Crippen LogP) is 4.12. The minimum absolute atomic E-state index is 0.252. The molecule has 2 aromatic carbocycles. The van der Waals surface area contributed by atoms with Gasteiger partial charge in [-0.3, -0.25) is 0 Å². The highest BCUT2D eigenvalue weighted by Gasteiger charge is 2.38. The lowest BCUT2D eigenvalue weighted by atomic mass is 9.92. The van der Waals surface area contributed by atoms with Crippen LogP contribution in [-0.2, 0) is 4.43 Å². The summed E-state index contributed by atoms with van der Waals surface area (Å²) in [6, 6.07) is 20.9. The Morgan fingerprint density at radius 3 is 1.73 bits per heavy atom. The van der Waals surface area contributed by atoms with Crippen molar-refractivity contribution in [1.82, 2.24) is 0 Å². The Morgan fingerprint density at radius 2 is 1.36 bits per heavy atom. The normalized spacial score (nSPS) is 11.8. The Balaban J connectivity index is 2.48. The van der Waals surface area contributed by atoms with E-state index in [1.54, 1.807) is 0 Å². The second-order valence-electron chi connectivity index (χ2n) is 6.22. The average Bonchev–Trinajstić information content (AvgIpc) is 2.56. The standard InChI is InChI=1S/C20H24OSi/c1-6-20(3,4)17(2)21-22(5,18-13-9-7-10-14-18)19-15-11-8-12-16-19/h6-16H,1-2H2,3-5H3. The van der Waals surface area contributed by atoms with Crippen LogP contribution in [-0.4, -0.2) is 8.32 Å². The van der Waals surface area contributed by atoms with E-state index in [-0.39, 0.29) is 5.41 Å². The van der Waals surface area contributed by atoms with Gasteiger partial charge >= 0.3 is 8.32 Å². The lowest BCUT2D eigenvalue weighted by Gasteiger charge is -2.35. The van der Waals surface area contributed by atoms with E-state index in [0.717, 1.165) is 5.76 Å². The molecule has 0 N–H and O–H groups in total. The lowest BCUT2D eigenvalue weighted by molar-refractivity contribution is 0.324. The van der Waals surface area contributed by atoms with E-state index < -0.39 is 8.32 Å². The molecule has 0 aliphatic rings. The third kappa shape index (κ3) is 3.23. The van der Waals surface area contributed by atoms with Crippen molar-refractivity contribution in [2.45, 2.75) is 20.4 Å². The molecule has 0 heterocycles. The first kappa shape index (κ1) is 16.3. The zero-order valence-corrected chi connectivity index (χ0v) is 14.7. The molecule has 0 amide bonds. The van der Waals surface area contributed by atoms with E-state index in [4.69, 9.17) is 4.43 Å². The maximum Gasteiger partial charge on any atom is 0.311 e. The number of rotatable bonds is 6. The van der Waals surface area contributed by atoms with Gasteiger partial charge < -0.3 is 4.43 Å². The SMILES string of the molecule is C=CC(C)(C)C(=C)O[Si](C)(c1ccccc1)c1ccccc1. The molecule has 1 nitrogen and oxygen atoms in total. The summed E-state index contributed by atoms with van der Waals surface area (Å²) in [5.41, 5.74) is -0.252. The van der Waals surface area contributed by atoms with Crippen molar-refractivity contribution in [3.05, 3.63) is 85.7 Å². The number of allylic oxidation sites excluding steroid dienone is 1. The van der Waals surface area contributed by atoms with Gasteiger partial charge in [0.25, 0.3) is 0 Å². The van der Waals surface area contributed by atoms with E-state index in [0.29, 0.717) is 0 Å². The number of hydrogen-bond donors (Lipinski definition) is 0. The van der Waals surface area contributed by atoms with E-state index >= 15 is 0 Å². The van der Waals surface area contributed by atoms with Gasteiger partial charge in [0.05, 0.1) is 5.76 Å². The van der Waals surface area contributed by atoms with Gasteiger partial charge in [-0.1, -0.05) is 73.3 Å². The molecule has 2 rings (SSSR count). The van der Waals surface area contributed by atoms with Crippen LogP contribution in [0.4, 0.5) is 0 Å². The zero-order valence-electron chi connectivity index (χ0n) is 13.7. The van der Waals surface area contributed by atoms with E-state index in [1.807, 2.05) is 18.2 Å². The maximum absolute atomic E-state index is 6.54. The topological polar surface area (TPSA) is 9.23 Å². The van der Waals surface area contributed by atoms with Crippen molar-refractivity contribution in [1.29, 1.82) is 0 Å². The first-order valence-electron chi connectivity index (χ1n) is 7.53.